The molecule has 0 saturated heterocycles. The van der Waals surface area contributed by atoms with Crippen LogP contribution in [0.5, 0.6) is 0 Å². The lowest BCUT2D eigenvalue weighted by molar-refractivity contribution is 0.0987. The van der Waals surface area contributed by atoms with Crippen molar-refractivity contribution >= 4 is 59.8 Å². The zero-order valence-electron chi connectivity index (χ0n) is 24.3. The van der Waals surface area contributed by atoms with E-state index < -0.39 is 21.7 Å². The summed E-state index contributed by atoms with van der Waals surface area (Å²) in [4.78, 5) is 31.4. The normalized spacial score (nSPS) is 12.1. The van der Waals surface area contributed by atoms with Gasteiger partial charge < -0.3 is 4.42 Å². The van der Waals surface area contributed by atoms with Gasteiger partial charge in [0.25, 0.3) is 5.91 Å². The molecule has 1 amide bonds. The number of halogens is 1. The summed E-state index contributed by atoms with van der Waals surface area (Å²) < 4.78 is 48.3. The number of nitrogens with zero attached hydrogens (tertiary/aromatic N) is 4. The lowest BCUT2D eigenvalue weighted by Crippen LogP contribution is -2.33. The number of carbonyl (C=O) groups is 1. The number of carbonyl (C=O) groups excluding carboxylic acids is 1. The van der Waals surface area contributed by atoms with E-state index in [-0.39, 0.29) is 26.6 Å². The topological polar surface area (TPSA) is 113 Å². The second kappa shape index (κ2) is 13.6. The van der Waals surface area contributed by atoms with Crippen molar-refractivity contribution in [2.45, 2.75) is 44.4 Å². The molecule has 0 bridgehead atoms. The molecule has 228 valence electrons. The number of benzene rings is 3. The van der Waals surface area contributed by atoms with Gasteiger partial charge in [0.2, 0.25) is 20.6 Å². The molecule has 44 heavy (non-hydrogen) atoms. The van der Waals surface area contributed by atoms with Crippen molar-refractivity contribution in [3.8, 4) is 0 Å². The third kappa shape index (κ3) is 6.62. The van der Waals surface area contributed by atoms with Crippen molar-refractivity contribution in [1.29, 1.82) is 0 Å². The fourth-order valence-electron chi connectivity index (χ4n) is 4.53. The van der Waals surface area contributed by atoms with Crippen LogP contribution >= 0.6 is 11.3 Å². The Labute approximate surface area is 258 Å². The maximum absolute atomic E-state index is 13.9. The van der Waals surface area contributed by atoms with Crippen molar-refractivity contribution in [2.75, 3.05) is 18.1 Å². The van der Waals surface area contributed by atoms with Crippen molar-refractivity contribution in [3.63, 3.8) is 0 Å². The first-order valence-electron chi connectivity index (χ1n) is 14.3. The number of rotatable bonds is 12. The van der Waals surface area contributed by atoms with Gasteiger partial charge in [-0.25, -0.2) is 17.8 Å². The summed E-state index contributed by atoms with van der Waals surface area (Å²) in [5.41, 5.74) is 0.791. The first kappa shape index (κ1) is 31.2. The molecule has 0 aliphatic heterocycles. The number of thiazole rings is 1. The zero-order chi connectivity index (χ0) is 31.3. The van der Waals surface area contributed by atoms with Crippen molar-refractivity contribution in [1.82, 2.24) is 9.29 Å². The van der Waals surface area contributed by atoms with Crippen LogP contribution in [-0.2, 0) is 10.0 Å². The highest BCUT2D eigenvalue weighted by Gasteiger charge is 2.26. The molecule has 9 nitrogen and oxygen atoms in total. The molecular weight excluding hydrogens is 604 g/mol. The van der Waals surface area contributed by atoms with E-state index in [1.165, 1.54) is 59.2 Å². The maximum Gasteiger partial charge on any atom is 0.280 e. The molecule has 0 spiro atoms. The van der Waals surface area contributed by atoms with Crippen LogP contribution in [0.3, 0.4) is 0 Å². The van der Waals surface area contributed by atoms with Gasteiger partial charge in [0.15, 0.2) is 0 Å². The third-order valence-electron chi connectivity index (χ3n) is 6.99. The average Bonchev–Trinajstić information content (AvgIpc) is 3.45. The Hall–Kier alpha value is -4.26. The lowest BCUT2D eigenvalue weighted by Gasteiger charge is -2.22. The van der Waals surface area contributed by atoms with E-state index in [2.05, 4.69) is 10.1 Å². The SMILES string of the molecule is CCCCN(CCCC)S(=O)(=O)c1ccc(C(=O)N(/N=C/c2coc3ccccc3c2=O)c2nc3ccc(F)cc3s2)cc1. The van der Waals surface area contributed by atoms with Gasteiger partial charge in [0.1, 0.15) is 17.7 Å². The van der Waals surface area contributed by atoms with Gasteiger partial charge in [0, 0.05) is 18.7 Å². The summed E-state index contributed by atoms with van der Waals surface area (Å²) in [5, 5.41) is 5.82. The van der Waals surface area contributed by atoms with Gasteiger partial charge in [-0.1, -0.05) is 50.2 Å². The van der Waals surface area contributed by atoms with Crippen molar-refractivity contribution in [2.24, 2.45) is 5.10 Å². The summed E-state index contributed by atoms with van der Waals surface area (Å²) in [6.45, 7) is 4.85. The summed E-state index contributed by atoms with van der Waals surface area (Å²) in [6.07, 6.45) is 5.68. The molecule has 0 saturated carbocycles. The van der Waals surface area contributed by atoms with E-state index in [0.29, 0.717) is 34.3 Å². The number of aromatic nitrogens is 1. The Morgan fingerprint density at radius 3 is 2.43 bits per heavy atom. The van der Waals surface area contributed by atoms with E-state index in [4.69, 9.17) is 4.42 Å². The van der Waals surface area contributed by atoms with Gasteiger partial charge in [-0.2, -0.15) is 14.4 Å². The van der Waals surface area contributed by atoms with Crippen molar-refractivity contribution < 1.29 is 22.0 Å². The molecule has 0 aliphatic carbocycles. The highest BCUT2D eigenvalue weighted by atomic mass is 32.2. The van der Waals surface area contributed by atoms with Crippen LogP contribution in [0.4, 0.5) is 9.52 Å². The molecule has 0 N–H and O–H groups in total. The highest BCUT2D eigenvalue weighted by Crippen LogP contribution is 2.31. The minimum absolute atomic E-state index is 0.0838. The molecule has 0 fully saturated rings. The predicted octanol–water partition coefficient (Wildman–Crippen LogP) is 6.81. The minimum Gasteiger partial charge on any atom is -0.463 e. The molecule has 5 rings (SSSR count). The molecule has 0 atom stereocenters. The number of unbranched alkanes of at least 4 members (excludes halogenated alkanes) is 2. The number of hydrogen-bond donors (Lipinski definition) is 0. The number of amides is 1. The van der Waals surface area contributed by atoms with E-state index in [0.717, 1.165) is 42.0 Å². The summed E-state index contributed by atoms with van der Waals surface area (Å²) in [5.74, 6) is -1.07. The van der Waals surface area contributed by atoms with E-state index >= 15 is 0 Å². The highest BCUT2D eigenvalue weighted by molar-refractivity contribution is 7.89. The summed E-state index contributed by atoms with van der Waals surface area (Å²) in [7, 11) is -3.76. The third-order valence-corrected chi connectivity index (χ3v) is 9.90. The monoisotopic (exact) mass is 634 g/mol. The van der Waals surface area contributed by atoms with Gasteiger partial charge in [-0.05, 0) is 67.4 Å². The first-order valence-corrected chi connectivity index (χ1v) is 16.5. The van der Waals surface area contributed by atoms with Gasteiger partial charge >= 0.3 is 0 Å². The molecule has 0 radical (unpaired) electrons. The van der Waals surface area contributed by atoms with Crippen LogP contribution in [0, 0.1) is 5.82 Å². The molecule has 3 aromatic carbocycles. The number of hydrogen-bond acceptors (Lipinski definition) is 8. The Balaban J connectivity index is 1.50. The van der Waals surface area contributed by atoms with Gasteiger partial charge in [0.05, 0.1) is 32.3 Å². The number of anilines is 1. The molecule has 12 heteroatoms. The van der Waals surface area contributed by atoms with Crippen LogP contribution in [0.1, 0.15) is 55.5 Å². The number of sulfonamides is 1. The first-order chi connectivity index (χ1) is 21.2. The van der Waals surface area contributed by atoms with Crippen molar-refractivity contribution in [3.05, 3.63) is 100 Å². The molecular formula is C32H31FN4O5S2. The zero-order valence-corrected chi connectivity index (χ0v) is 25.9. The Kier molecular flexibility index (Phi) is 9.62. The number of fused-ring (bicyclic) bond motifs is 2. The van der Waals surface area contributed by atoms with E-state index in [1.807, 2.05) is 13.8 Å². The molecule has 5 aromatic rings. The van der Waals surface area contributed by atoms with Crippen LogP contribution in [-0.4, -0.2) is 42.9 Å². The second-order valence-electron chi connectivity index (χ2n) is 10.1. The summed E-state index contributed by atoms with van der Waals surface area (Å²) in [6, 6.07) is 16.5. The largest absolute Gasteiger partial charge is 0.463 e. The van der Waals surface area contributed by atoms with Crippen LogP contribution in [0.25, 0.3) is 21.2 Å². The maximum atomic E-state index is 13.9. The van der Waals surface area contributed by atoms with Crippen LogP contribution in [0.2, 0.25) is 0 Å². The fraction of sp³-hybridized carbons (Fsp3) is 0.250. The smallest absolute Gasteiger partial charge is 0.280 e. The Bertz CT molecular complexity index is 1980. The minimum atomic E-state index is -3.76. The fourth-order valence-corrected chi connectivity index (χ4v) is 6.99. The molecule has 2 heterocycles. The van der Waals surface area contributed by atoms with E-state index in [1.54, 1.807) is 24.3 Å². The number of hydrazone groups is 1. The Morgan fingerprint density at radius 1 is 1.02 bits per heavy atom. The predicted molar refractivity (Wildman–Crippen MR) is 171 cm³/mol. The van der Waals surface area contributed by atoms with Gasteiger partial charge in [-0.3, -0.25) is 9.59 Å². The summed E-state index contributed by atoms with van der Waals surface area (Å²) >= 11 is 1.05. The molecule has 2 aromatic heterocycles. The lowest BCUT2D eigenvalue weighted by atomic mass is 10.2. The Morgan fingerprint density at radius 2 is 1.73 bits per heavy atom. The van der Waals surface area contributed by atoms with Crippen LogP contribution in [0.15, 0.2) is 92.2 Å². The average molecular weight is 635 g/mol. The molecule has 0 aliphatic rings. The second-order valence-corrected chi connectivity index (χ2v) is 13.1. The quantitative estimate of drug-likeness (QED) is 0.110. The molecule has 0 unspecified atom stereocenters. The van der Waals surface area contributed by atoms with Crippen LogP contribution < -0.4 is 10.4 Å². The standard InChI is InChI=1S/C32H31FN4O5S2/c1-3-5-17-36(18-6-4-2)44(40,41)25-14-11-22(12-15-25)31(39)37(32-35-27-16-13-24(33)19-29(27)43-32)34-20-23-21-42-28-10-8-7-9-26(28)30(23)38/h7-16,19-21H,3-6,17-18H2,1-2H3/b34-20+. The van der Waals surface area contributed by atoms with E-state index in [9.17, 15) is 22.4 Å². The van der Waals surface area contributed by atoms with Gasteiger partial charge in [-0.15, -0.1) is 0 Å². The number of para-hydroxylation sites is 1.